The van der Waals surface area contributed by atoms with Crippen LogP contribution in [0.2, 0.25) is 0 Å². The molecule has 0 unspecified atom stereocenters. The first kappa shape index (κ1) is 17.6. The van der Waals surface area contributed by atoms with Gasteiger partial charge in [-0.05, 0) is 35.7 Å². The minimum Gasteiger partial charge on any atom is -0.366 e. The Morgan fingerprint density at radius 2 is 1.88 bits per heavy atom. The van der Waals surface area contributed by atoms with Gasteiger partial charge in [0, 0.05) is 24.6 Å². The lowest BCUT2D eigenvalue weighted by Gasteiger charge is -2.12. The highest BCUT2D eigenvalue weighted by Crippen LogP contribution is 2.10. The Morgan fingerprint density at radius 1 is 1.12 bits per heavy atom. The summed E-state index contributed by atoms with van der Waals surface area (Å²) in [7, 11) is 0. The molecule has 5 nitrogen and oxygen atoms in total. The van der Waals surface area contributed by atoms with Crippen LogP contribution in [0.4, 0.5) is 4.39 Å². The summed E-state index contributed by atoms with van der Waals surface area (Å²) in [6.07, 6.45) is 0.376. The maximum Gasteiger partial charge on any atom is 0.248 e. The Labute approximate surface area is 139 Å². The smallest absolute Gasteiger partial charge is 0.248 e. The van der Waals surface area contributed by atoms with Crippen molar-refractivity contribution >= 4 is 11.8 Å². The van der Waals surface area contributed by atoms with Crippen molar-refractivity contribution in [2.75, 3.05) is 0 Å². The molecule has 0 aliphatic heterocycles. The molecule has 0 aromatic heterocycles. The highest BCUT2D eigenvalue weighted by molar-refractivity contribution is 5.92. The molecule has 0 bridgehead atoms. The van der Waals surface area contributed by atoms with Crippen LogP contribution in [0.5, 0.6) is 0 Å². The zero-order valence-electron chi connectivity index (χ0n) is 13.2. The molecule has 2 rings (SSSR count). The fraction of sp³-hybridized carbons (Fsp3) is 0.222. The highest BCUT2D eigenvalue weighted by Gasteiger charge is 2.12. The number of amides is 2. The van der Waals surface area contributed by atoms with Crippen LogP contribution >= 0.6 is 0 Å². The van der Waals surface area contributed by atoms with E-state index in [-0.39, 0.29) is 31.1 Å². The zero-order chi connectivity index (χ0) is 17.5. The first-order chi connectivity index (χ1) is 11.5. The summed E-state index contributed by atoms with van der Waals surface area (Å²) in [5, 5.41) is 2.73. The fourth-order valence-electron chi connectivity index (χ4n) is 2.36. The van der Waals surface area contributed by atoms with Crippen molar-refractivity contribution in [3.8, 4) is 0 Å². The van der Waals surface area contributed by atoms with Crippen LogP contribution in [0.3, 0.4) is 0 Å². The monoisotopic (exact) mass is 329 g/mol. The van der Waals surface area contributed by atoms with Gasteiger partial charge in [0.1, 0.15) is 5.82 Å². The van der Waals surface area contributed by atoms with Gasteiger partial charge in [-0.25, -0.2) is 4.39 Å². The molecular weight excluding hydrogens is 309 g/mol. The van der Waals surface area contributed by atoms with E-state index in [2.05, 4.69) is 5.32 Å². The molecule has 24 heavy (non-hydrogen) atoms. The van der Waals surface area contributed by atoms with Crippen LogP contribution in [0, 0.1) is 5.82 Å². The molecule has 2 aromatic rings. The van der Waals surface area contributed by atoms with Crippen molar-refractivity contribution < 1.29 is 14.0 Å². The van der Waals surface area contributed by atoms with E-state index >= 15 is 0 Å². The summed E-state index contributed by atoms with van der Waals surface area (Å²) in [4.78, 5) is 23.1. The summed E-state index contributed by atoms with van der Waals surface area (Å²) < 4.78 is 13.6. The molecule has 0 aliphatic rings. The minimum atomic E-state index is -0.518. The van der Waals surface area contributed by atoms with Crippen LogP contribution in [0.15, 0.2) is 48.5 Å². The summed E-state index contributed by atoms with van der Waals surface area (Å²) in [6, 6.07) is 12.6. The first-order valence-electron chi connectivity index (χ1n) is 7.60. The zero-order valence-corrected chi connectivity index (χ0v) is 13.2. The quantitative estimate of drug-likeness (QED) is 0.718. The number of carbonyl (C=O) groups excluding carboxylic acids is 2. The third-order valence-corrected chi connectivity index (χ3v) is 3.59. The average Bonchev–Trinajstić information content (AvgIpc) is 2.55. The lowest BCUT2D eigenvalue weighted by Crippen LogP contribution is -2.33. The molecule has 0 heterocycles. The predicted molar refractivity (Wildman–Crippen MR) is 89.5 cm³/mol. The van der Waals surface area contributed by atoms with Crippen molar-refractivity contribution in [3.63, 3.8) is 0 Å². The summed E-state index contributed by atoms with van der Waals surface area (Å²) in [6.45, 7) is 0.270. The standard InChI is InChI=1S/C18H20FN3O2/c19-16-7-2-1-5-13(16)9-15(20)10-17(23)22-11-12-4-3-6-14(8-12)18(21)24/h1-8,15H,9-11,20H2,(H2,21,24)(H,22,23)/t15-/m1/s1. The second-order valence-electron chi connectivity index (χ2n) is 5.60. The van der Waals surface area contributed by atoms with E-state index in [1.807, 2.05) is 0 Å². The largest absolute Gasteiger partial charge is 0.366 e. The number of nitrogens with one attached hydrogen (secondary N) is 1. The molecule has 5 N–H and O–H groups in total. The Hall–Kier alpha value is -2.73. The van der Waals surface area contributed by atoms with E-state index in [0.29, 0.717) is 11.1 Å². The van der Waals surface area contributed by atoms with Gasteiger partial charge < -0.3 is 16.8 Å². The SMILES string of the molecule is NC(=O)c1cccc(CNC(=O)C[C@H](N)Cc2ccccc2F)c1. The third kappa shape index (κ3) is 5.17. The number of hydrogen-bond donors (Lipinski definition) is 3. The second-order valence-corrected chi connectivity index (χ2v) is 5.60. The van der Waals surface area contributed by atoms with Crippen LogP contribution in [0.1, 0.15) is 27.9 Å². The van der Waals surface area contributed by atoms with E-state index in [9.17, 15) is 14.0 Å². The molecule has 0 aliphatic carbocycles. The predicted octanol–water partition coefficient (Wildman–Crippen LogP) is 1.50. The highest BCUT2D eigenvalue weighted by atomic mass is 19.1. The van der Waals surface area contributed by atoms with Gasteiger partial charge in [0.25, 0.3) is 0 Å². The van der Waals surface area contributed by atoms with E-state index in [1.165, 1.54) is 6.07 Å². The maximum absolute atomic E-state index is 13.6. The molecule has 2 amide bonds. The summed E-state index contributed by atoms with van der Waals surface area (Å²) in [5.41, 5.74) is 12.8. The first-order valence-corrected chi connectivity index (χ1v) is 7.60. The lowest BCUT2D eigenvalue weighted by atomic mass is 10.0. The molecule has 0 spiro atoms. The normalized spacial score (nSPS) is 11.8. The second kappa shape index (κ2) is 8.21. The molecule has 0 saturated carbocycles. The van der Waals surface area contributed by atoms with Crippen molar-refractivity contribution in [2.24, 2.45) is 11.5 Å². The van der Waals surface area contributed by atoms with Gasteiger partial charge in [0.2, 0.25) is 11.8 Å². The van der Waals surface area contributed by atoms with Gasteiger partial charge in [-0.2, -0.15) is 0 Å². The van der Waals surface area contributed by atoms with E-state index in [1.54, 1.807) is 42.5 Å². The number of carbonyl (C=O) groups is 2. The molecule has 2 aromatic carbocycles. The third-order valence-electron chi connectivity index (χ3n) is 3.59. The Balaban J connectivity index is 1.84. The molecule has 0 radical (unpaired) electrons. The van der Waals surface area contributed by atoms with Crippen molar-refractivity contribution in [1.82, 2.24) is 5.32 Å². The minimum absolute atomic E-state index is 0.0871. The Bertz CT molecular complexity index is 734. The van der Waals surface area contributed by atoms with Crippen LogP contribution < -0.4 is 16.8 Å². The molecule has 1 atom stereocenters. The average molecular weight is 329 g/mol. The van der Waals surface area contributed by atoms with Crippen LogP contribution in [-0.4, -0.2) is 17.9 Å². The Kier molecular flexibility index (Phi) is 6.03. The topological polar surface area (TPSA) is 98.2 Å². The van der Waals surface area contributed by atoms with E-state index < -0.39 is 11.9 Å². The molecule has 6 heteroatoms. The van der Waals surface area contributed by atoms with Gasteiger partial charge in [0.15, 0.2) is 0 Å². The maximum atomic E-state index is 13.6. The summed E-state index contributed by atoms with van der Waals surface area (Å²) in [5.74, 6) is -1.07. The van der Waals surface area contributed by atoms with Gasteiger partial charge >= 0.3 is 0 Å². The number of primary amides is 1. The van der Waals surface area contributed by atoms with Crippen molar-refractivity contribution in [3.05, 3.63) is 71.0 Å². The van der Waals surface area contributed by atoms with E-state index in [0.717, 1.165) is 5.56 Å². The fourth-order valence-corrected chi connectivity index (χ4v) is 2.36. The van der Waals surface area contributed by atoms with Crippen LogP contribution in [0.25, 0.3) is 0 Å². The summed E-state index contributed by atoms with van der Waals surface area (Å²) >= 11 is 0. The number of halogens is 1. The van der Waals surface area contributed by atoms with Crippen molar-refractivity contribution in [2.45, 2.75) is 25.4 Å². The molecular formula is C18H20FN3O2. The van der Waals surface area contributed by atoms with Crippen LogP contribution in [-0.2, 0) is 17.8 Å². The molecule has 126 valence electrons. The number of benzene rings is 2. The van der Waals surface area contributed by atoms with Gasteiger partial charge in [-0.3, -0.25) is 9.59 Å². The van der Waals surface area contributed by atoms with Crippen molar-refractivity contribution in [1.29, 1.82) is 0 Å². The van der Waals surface area contributed by atoms with E-state index in [4.69, 9.17) is 11.5 Å². The van der Waals surface area contributed by atoms with Gasteiger partial charge in [0.05, 0.1) is 0 Å². The lowest BCUT2D eigenvalue weighted by molar-refractivity contribution is -0.121. The van der Waals surface area contributed by atoms with Gasteiger partial charge in [-0.15, -0.1) is 0 Å². The number of hydrogen-bond acceptors (Lipinski definition) is 3. The molecule has 0 saturated heterocycles. The number of nitrogens with two attached hydrogens (primary N) is 2. The van der Waals surface area contributed by atoms with Gasteiger partial charge in [-0.1, -0.05) is 30.3 Å². The molecule has 0 fully saturated rings. The number of rotatable bonds is 7. The Morgan fingerprint density at radius 3 is 2.58 bits per heavy atom.